The van der Waals surface area contributed by atoms with Gasteiger partial charge in [0.05, 0.1) is 11.6 Å². The van der Waals surface area contributed by atoms with E-state index >= 15 is 0 Å². The van der Waals surface area contributed by atoms with E-state index in [0.29, 0.717) is 0 Å². The molecule has 1 aromatic heterocycles. The van der Waals surface area contributed by atoms with Gasteiger partial charge in [-0.15, -0.1) is 11.8 Å². The molecule has 0 aliphatic carbocycles. The Hall–Kier alpha value is -2.10. The van der Waals surface area contributed by atoms with Crippen molar-refractivity contribution >= 4 is 11.8 Å². The minimum atomic E-state index is -1.07. The number of rotatable bonds is 5. The zero-order chi connectivity index (χ0) is 17.0. The van der Waals surface area contributed by atoms with Crippen LogP contribution >= 0.6 is 11.8 Å². The second-order valence-electron chi connectivity index (χ2n) is 5.95. The summed E-state index contributed by atoms with van der Waals surface area (Å²) in [5, 5.41) is 11.6. The third-order valence-corrected chi connectivity index (χ3v) is 5.13. The van der Waals surface area contributed by atoms with Crippen molar-refractivity contribution in [1.82, 2.24) is 4.98 Å². The van der Waals surface area contributed by atoms with Crippen LogP contribution in [-0.2, 0) is 5.60 Å². The number of aliphatic hydroxyl groups is 1. The largest absolute Gasteiger partial charge is 0.384 e. The maximum atomic E-state index is 11.6. The first kappa shape index (κ1) is 16.7. The predicted molar refractivity (Wildman–Crippen MR) is 100 cm³/mol. The number of thioether (sulfide) groups is 1. The summed E-state index contributed by atoms with van der Waals surface area (Å²) < 4.78 is 0. The molecule has 2 aromatic carbocycles. The van der Waals surface area contributed by atoms with E-state index in [2.05, 4.69) is 23.2 Å². The first-order valence-electron chi connectivity index (χ1n) is 7.96. The number of hydrogen-bond acceptors (Lipinski definition) is 3. The lowest BCUT2D eigenvalue weighted by molar-refractivity contribution is 0.0354. The van der Waals surface area contributed by atoms with Gasteiger partial charge in [-0.05, 0) is 42.5 Å². The molecule has 1 heterocycles. The minimum Gasteiger partial charge on any atom is -0.384 e. The Bertz CT molecular complexity index is 748. The lowest BCUT2D eigenvalue weighted by Gasteiger charge is -2.34. The lowest BCUT2D eigenvalue weighted by atomic mass is 9.76. The molecular formula is C21H21NOS. The lowest BCUT2D eigenvalue weighted by Crippen LogP contribution is -2.32. The molecule has 0 aliphatic heterocycles. The smallest absolute Gasteiger partial charge is 0.100 e. The summed E-state index contributed by atoms with van der Waals surface area (Å²) in [5.41, 5.74) is 1.77. The van der Waals surface area contributed by atoms with Crippen LogP contribution in [0.3, 0.4) is 0 Å². The van der Waals surface area contributed by atoms with E-state index in [-0.39, 0.29) is 5.92 Å². The Morgan fingerprint density at radius 2 is 1.58 bits per heavy atom. The number of aromatic nitrogens is 1. The van der Waals surface area contributed by atoms with Crippen LogP contribution in [0, 0.1) is 0 Å². The van der Waals surface area contributed by atoms with Gasteiger partial charge < -0.3 is 5.11 Å². The van der Waals surface area contributed by atoms with Crippen LogP contribution in [-0.4, -0.2) is 16.3 Å². The van der Waals surface area contributed by atoms with E-state index in [1.807, 2.05) is 67.8 Å². The highest BCUT2D eigenvalue weighted by Crippen LogP contribution is 2.43. The van der Waals surface area contributed by atoms with Crippen molar-refractivity contribution in [3.05, 3.63) is 95.8 Å². The van der Waals surface area contributed by atoms with Crippen LogP contribution < -0.4 is 0 Å². The van der Waals surface area contributed by atoms with Crippen molar-refractivity contribution in [2.24, 2.45) is 0 Å². The fourth-order valence-corrected chi connectivity index (χ4v) is 3.90. The molecule has 3 aromatic rings. The maximum Gasteiger partial charge on any atom is 0.100 e. The van der Waals surface area contributed by atoms with Gasteiger partial charge in [0.2, 0.25) is 0 Å². The summed E-state index contributed by atoms with van der Waals surface area (Å²) in [5.74, 6) is -0.242. The quantitative estimate of drug-likeness (QED) is 0.677. The fourth-order valence-electron chi connectivity index (χ4n) is 3.19. The van der Waals surface area contributed by atoms with Gasteiger partial charge in [-0.1, -0.05) is 54.6 Å². The number of pyridine rings is 1. The molecule has 122 valence electrons. The van der Waals surface area contributed by atoms with Gasteiger partial charge in [-0.25, -0.2) is 0 Å². The van der Waals surface area contributed by atoms with E-state index in [0.717, 1.165) is 21.7 Å². The van der Waals surface area contributed by atoms with Crippen molar-refractivity contribution in [2.75, 3.05) is 6.26 Å². The van der Waals surface area contributed by atoms with E-state index < -0.39 is 5.60 Å². The Labute approximate surface area is 147 Å². The third kappa shape index (κ3) is 3.23. The molecular weight excluding hydrogens is 314 g/mol. The van der Waals surface area contributed by atoms with Gasteiger partial charge in [0, 0.05) is 11.1 Å². The molecule has 0 amide bonds. The molecule has 2 nitrogen and oxygen atoms in total. The molecule has 0 radical (unpaired) electrons. The molecule has 0 saturated carbocycles. The van der Waals surface area contributed by atoms with E-state index in [4.69, 9.17) is 0 Å². The van der Waals surface area contributed by atoms with Crippen LogP contribution in [0.1, 0.15) is 29.7 Å². The predicted octanol–water partition coefficient (Wildman–Crippen LogP) is 4.84. The van der Waals surface area contributed by atoms with Crippen LogP contribution in [0.4, 0.5) is 0 Å². The number of benzene rings is 2. The molecule has 24 heavy (non-hydrogen) atoms. The molecule has 0 fully saturated rings. The molecule has 2 atom stereocenters. The highest BCUT2D eigenvalue weighted by molar-refractivity contribution is 7.98. The third-order valence-electron chi connectivity index (χ3n) is 4.33. The Balaban J connectivity index is 2.18. The monoisotopic (exact) mass is 335 g/mol. The topological polar surface area (TPSA) is 33.1 Å². The molecule has 0 saturated heterocycles. The van der Waals surface area contributed by atoms with Crippen LogP contribution in [0.25, 0.3) is 0 Å². The Morgan fingerprint density at radius 3 is 2.25 bits per heavy atom. The maximum absolute atomic E-state index is 11.6. The zero-order valence-corrected chi connectivity index (χ0v) is 14.7. The summed E-state index contributed by atoms with van der Waals surface area (Å²) in [6, 6.07) is 24.0. The minimum absolute atomic E-state index is 0.242. The molecule has 1 N–H and O–H groups in total. The fraction of sp³-hybridized carbons (Fsp3) is 0.190. The average molecular weight is 335 g/mol. The van der Waals surface area contributed by atoms with Crippen LogP contribution in [0.2, 0.25) is 0 Å². The van der Waals surface area contributed by atoms with E-state index in [1.165, 1.54) is 0 Å². The molecule has 0 bridgehead atoms. The SMILES string of the molecule is CSc1ccccc1[C@@](C)(O)[C@@H](c1ccccc1)c1ccccn1. The molecule has 3 rings (SSSR count). The van der Waals surface area contributed by atoms with Crippen LogP contribution in [0.15, 0.2) is 83.9 Å². The second kappa shape index (κ2) is 7.20. The summed E-state index contributed by atoms with van der Waals surface area (Å²) in [7, 11) is 0. The van der Waals surface area contributed by atoms with Gasteiger partial charge >= 0.3 is 0 Å². The Morgan fingerprint density at radius 1 is 0.917 bits per heavy atom. The highest BCUT2D eigenvalue weighted by atomic mass is 32.2. The molecule has 0 unspecified atom stereocenters. The van der Waals surface area contributed by atoms with Crippen molar-refractivity contribution in [2.45, 2.75) is 23.3 Å². The highest BCUT2D eigenvalue weighted by Gasteiger charge is 2.38. The van der Waals surface area contributed by atoms with E-state index in [9.17, 15) is 5.11 Å². The second-order valence-corrected chi connectivity index (χ2v) is 6.79. The van der Waals surface area contributed by atoms with Crippen molar-refractivity contribution in [3.63, 3.8) is 0 Å². The summed E-state index contributed by atoms with van der Waals surface area (Å²) in [6.07, 6.45) is 3.81. The summed E-state index contributed by atoms with van der Waals surface area (Å²) in [4.78, 5) is 5.62. The first-order valence-corrected chi connectivity index (χ1v) is 9.19. The van der Waals surface area contributed by atoms with Gasteiger partial charge in [-0.2, -0.15) is 0 Å². The van der Waals surface area contributed by atoms with Gasteiger partial charge in [0.1, 0.15) is 5.60 Å². The van der Waals surface area contributed by atoms with Crippen LogP contribution in [0.5, 0.6) is 0 Å². The Kier molecular flexibility index (Phi) is 5.03. The standard InChI is InChI=1S/C21H21NOS/c1-21(23,17-12-6-7-14-19(17)24-2)20(16-10-4-3-5-11-16)18-13-8-9-15-22-18/h3-15,20,23H,1-2H3/t20-,21+/m0/s1. The normalized spacial score (nSPS) is 14.8. The zero-order valence-electron chi connectivity index (χ0n) is 13.9. The van der Waals surface area contributed by atoms with Crippen molar-refractivity contribution in [1.29, 1.82) is 0 Å². The number of hydrogen-bond donors (Lipinski definition) is 1. The first-order chi connectivity index (χ1) is 11.6. The van der Waals surface area contributed by atoms with Gasteiger partial charge in [0.25, 0.3) is 0 Å². The van der Waals surface area contributed by atoms with E-state index in [1.54, 1.807) is 18.0 Å². The molecule has 0 spiro atoms. The number of nitrogens with zero attached hydrogens (tertiary/aromatic N) is 1. The van der Waals surface area contributed by atoms with Gasteiger partial charge in [0.15, 0.2) is 0 Å². The van der Waals surface area contributed by atoms with Crippen molar-refractivity contribution < 1.29 is 5.11 Å². The molecule has 3 heteroatoms. The molecule has 0 aliphatic rings. The van der Waals surface area contributed by atoms with Gasteiger partial charge in [-0.3, -0.25) is 4.98 Å². The average Bonchev–Trinajstić information content (AvgIpc) is 2.63. The summed E-state index contributed by atoms with van der Waals surface area (Å²) >= 11 is 1.65. The summed E-state index contributed by atoms with van der Waals surface area (Å²) in [6.45, 7) is 1.88. The van der Waals surface area contributed by atoms with Crippen molar-refractivity contribution in [3.8, 4) is 0 Å².